The second kappa shape index (κ2) is 15.7. The number of benzene rings is 4. The van der Waals surface area contributed by atoms with Gasteiger partial charge in [-0.2, -0.15) is 4.98 Å². The molecule has 0 atom stereocenters. The third-order valence-electron chi connectivity index (χ3n) is 15.5. The Balaban J connectivity index is 1.41. The van der Waals surface area contributed by atoms with E-state index in [1.54, 1.807) is 0 Å². The van der Waals surface area contributed by atoms with Gasteiger partial charge in [-0.1, -0.05) is 139 Å². The van der Waals surface area contributed by atoms with Crippen molar-refractivity contribution >= 4 is 0 Å². The molecule has 1 aliphatic heterocycles. The molecule has 342 valence electrons. The Morgan fingerprint density at radius 1 is 0.662 bits per heavy atom. The Morgan fingerprint density at radius 3 is 1.86 bits per heavy atom. The molecule has 0 unspecified atom stereocenters. The highest BCUT2D eigenvalue weighted by atomic mass is 16.5. The van der Waals surface area contributed by atoms with E-state index in [-0.39, 0.29) is 16.2 Å². The van der Waals surface area contributed by atoms with Crippen molar-refractivity contribution in [3.8, 4) is 62.4 Å². The fourth-order valence-electron chi connectivity index (χ4n) is 10.8. The molecule has 2 aromatic heterocycles. The fraction of sp³-hybridized carbons (Fsp3) is 0.467. The summed E-state index contributed by atoms with van der Waals surface area (Å²) in [6.45, 7) is 39.0. The molecule has 0 spiro atoms. The first-order valence-electron chi connectivity index (χ1n) is 24.1. The van der Waals surface area contributed by atoms with Crippen molar-refractivity contribution in [1.29, 1.82) is 0 Å². The Morgan fingerprint density at radius 2 is 1.28 bits per heavy atom. The zero-order chi connectivity index (χ0) is 47.4. The summed E-state index contributed by atoms with van der Waals surface area (Å²) in [4.78, 5) is 10.6. The maximum Gasteiger partial charge on any atom is 0.246 e. The lowest BCUT2D eigenvalue weighted by Gasteiger charge is -2.51. The van der Waals surface area contributed by atoms with E-state index in [0.717, 1.165) is 61.7 Å². The molecule has 3 heterocycles. The topological polar surface area (TPSA) is 60.2 Å². The number of rotatable bonds is 6. The molecule has 1 fully saturated rings. The van der Waals surface area contributed by atoms with Gasteiger partial charge in [0.2, 0.25) is 5.88 Å². The van der Waals surface area contributed by atoms with Gasteiger partial charge in [0.25, 0.3) is 0 Å². The van der Waals surface area contributed by atoms with Gasteiger partial charge in [-0.05, 0) is 156 Å². The first kappa shape index (κ1) is 46.4. The average molecular weight is 870 g/mol. The van der Waals surface area contributed by atoms with Gasteiger partial charge >= 0.3 is 0 Å². The summed E-state index contributed by atoms with van der Waals surface area (Å²) >= 11 is 0. The molecule has 1 aliphatic carbocycles. The monoisotopic (exact) mass is 870 g/mol. The maximum atomic E-state index is 12.8. The van der Waals surface area contributed by atoms with Gasteiger partial charge in [0.05, 0.1) is 16.8 Å². The van der Waals surface area contributed by atoms with E-state index in [9.17, 15) is 5.11 Å². The van der Waals surface area contributed by atoms with E-state index < -0.39 is 11.0 Å². The first-order chi connectivity index (χ1) is 30.1. The van der Waals surface area contributed by atoms with E-state index in [1.807, 2.05) is 12.3 Å². The zero-order valence-electron chi connectivity index (χ0n) is 42.7. The number of hydrogen-bond acceptors (Lipinski definition) is 4. The van der Waals surface area contributed by atoms with Crippen molar-refractivity contribution in [2.24, 2.45) is 5.41 Å². The molecule has 0 bridgehead atoms. The van der Waals surface area contributed by atoms with E-state index in [0.29, 0.717) is 28.7 Å². The van der Waals surface area contributed by atoms with Crippen LogP contribution in [-0.2, 0) is 27.2 Å². The third-order valence-corrected chi connectivity index (χ3v) is 15.5. The summed E-state index contributed by atoms with van der Waals surface area (Å²) in [7, 11) is 0. The smallest absolute Gasteiger partial charge is 0.246 e. The molecule has 2 aliphatic rings. The minimum atomic E-state index is -0.512. The zero-order valence-corrected chi connectivity index (χ0v) is 42.7. The van der Waals surface area contributed by atoms with Gasteiger partial charge in [-0.25, -0.2) is 0 Å². The number of hydrogen-bond donors (Lipinski definition) is 1. The van der Waals surface area contributed by atoms with Crippen LogP contribution in [0.1, 0.15) is 174 Å². The van der Waals surface area contributed by atoms with Crippen LogP contribution in [0.4, 0.5) is 0 Å². The van der Waals surface area contributed by atoms with Crippen molar-refractivity contribution in [3.05, 3.63) is 124 Å². The number of aromatic nitrogens is 3. The Hall–Kier alpha value is -5.16. The highest BCUT2D eigenvalue weighted by molar-refractivity contribution is 5.84. The van der Waals surface area contributed by atoms with Crippen molar-refractivity contribution < 1.29 is 9.84 Å². The lowest BCUT2D eigenvalue weighted by atomic mass is 9.61. The summed E-state index contributed by atoms with van der Waals surface area (Å²) in [6, 6.07) is 28.5. The summed E-state index contributed by atoms with van der Waals surface area (Å²) < 4.78 is 9.81. The maximum absolute atomic E-state index is 12.8. The predicted octanol–water partition coefficient (Wildman–Crippen LogP) is 16.7. The number of imidazole rings is 1. The van der Waals surface area contributed by atoms with E-state index in [1.165, 1.54) is 47.9 Å². The Labute approximate surface area is 391 Å². The number of phenolic OH excluding ortho intramolecular Hbond substituents is 1. The molecule has 1 saturated carbocycles. The molecule has 0 radical (unpaired) electrons. The Kier molecular flexibility index (Phi) is 11.2. The van der Waals surface area contributed by atoms with Gasteiger partial charge < -0.3 is 14.4 Å². The van der Waals surface area contributed by atoms with Crippen LogP contribution in [0.2, 0.25) is 0 Å². The van der Waals surface area contributed by atoms with Crippen LogP contribution < -0.4 is 4.74 Å². The summed E-state index contributed by atoms with van der Waals surface area (Å²) in [5.74, 6) is 2.83. The predicted molar refractivity (Wildman–Crippen MR) is 273 cm³/mol. The lowest BCUT2D eigenvalue weighted by molar-refractivity contribution is 0.194. The Bertz CT molecular complexity index is 2760. The van der Waals surface area contributed by atoms with Gasteiger partial charge in [0.1, 0.15) is 23.0 Å². The lowest BCUT2D eigenvalue weighted by Crippen LogP contribution is -2.50. The van der Waals surface area contributed by atoms with Crippen molar-refractivity contribution in [2.45, 2.75) is 177 Å². The number of aromatic hydroxyl groups is 1. The molecule has 4 aromatic carbocycles. The molecule has 65 heavy (non-hydrogen) atoms. The highest BCUT2D eigenvalue weighted by Crippen LogP contribution is 2.60. The fourth-order valence-corrected chi connectivity index (χ4v) is 10.8. The van der Waals surface area contributed by atoms with Crippen LogP contribution in [0.15, 0.2) is 85.1 Å². The molecule has 5 heteroatoms. The van der Waals surface area contributed by atoms with Gasteiger partial charge in [-0.3, -0.25) is 4.98 Å². The molecule has 1 N–H and O–H groups in total. The summed E-state index contributed by atoms with van der Waals surface area (Å²) in [5, 5.41) is 12.8. The molecule has 0 amide bonds. The van der Waals surface area contributed by atoms with E-state index >= 15 is 0 Å². The third kappa shape index (κ3) is 8.25. The number of phenols is 1. The van der Waals surface area contributed by atoms with Crippen LogP contribution in [0.25, 0.3) is 45.0 Å². The quantitative estimate of drug-likeness (QED) is 0.181. The molecular weight excluding hydrogens is 795 g/mol. The average Bonchev–Trinajstić information content (AvgIpc) is 3.57. The summed E-state index contributed by atoms with van der Waals surface area (Å²) in [5.41, 5.74) is 14.1. The molecule has 8 rings (SSSR count). The van der Waals surface area contributed by atoms with Crippen LogP contribution >= 0.6 is 0 Å². The number of aryl methyl sites for hydroxylation is 2. The molecule has 5 nitrogen and oxygen atoms in total. The minimum Gasteiger partial charge on any atom is -0.507 e. The van der Waals surface area contributed by atoms with Crippen LogP contribution in [0.3, 0.4) is 0 Å². The van der Waals surface area contributed by atoms with Gasteiger partial charge in [-0.15, -0.1) is 0 Å². The van der Waals surface area contributed by atoms with E-state index in [4.69, 9.17) is 14.7 Å². The van der Waals surface area contributed by atoms with E-state index in [2.05, 4.69) is 195 Å². The molecule has 6 aromatic rings. The highest BCUT2D eigenvalue weighted by Gasteiger charge is 2.52. The van der Waals surface area contributed by atoms with Gasteiger partial charge in [0.15, 0.2) is 0 Å². The van der Waals surface area contributed by atoms with Crippen molar-refractivity contribution in [3.63, 3.8) is 0 Å². The second-order valence-electron chi connectivity index (χ2n) is 24.5. The van der Waals surface area contributed by atoms with Crippen molar-refractivity contribution in [2.75, 3.05) is 0 Å². The molecule has 0 saturated heterocycles. The number of ether oxygens (including phenoxy) is 1. The van der Waals surface area contributed by atoms with Crippen LogP contribution in [0, 0.1) is 19.3 Å². The number of pyridine rings is 1. The normalized spacial score (nSPS) is 17.1. The summed E-state index contributed by atoms with van der Waals surface area (Å²) in [6.07, 6.45) is 6.80. The van der Waals surface area contributed by atoms with Crippen LogP contribution in [0.5, 0.6) is 17.4 Å². The number of fused-ring (bicyclic) bond motifs is 3. The van der Waals surface area contributed by atoms with Gasteiger partial charge in [0, 0.05) is 28.3 Å². The SMILES string of the molecule is Cc1cc(C2CCC(C)(C)CC2)cc(C)c1-c1c(Oc2cc(-c3cc(-c4ccccc4)ccn3)cc(C(C)(C)C)c2)nc2n1C(C)(C)C(C)(C)c1c(C(C)(C)C)cc(C(C)(C)C)c(O)c1-2. The van der Waals surface area contributed by atoms with Crippen LogP contribution in [-0.4, -0.2) is 19.6 Å². The largest absolute Gasteiger partial charge is 0.507 e. The minimum absolute atomic E-state index is 0.178. The number of nitrogens with zero attached hydrogens (tertiary/aromatic N) is 3. The second-order valence-corrected chi connectivity index (χ2v) is 24.5. The van der Waals surface area contributed by atoms with Crippen molar-refractivity contribution in [1.82, 2.24) is 14.5 Å². The molecular formula is C60H75N3O2. The standard InChI is InChI=1S/C60H75N3O2/c1-36-29-41(39-23-26-58(12,13)27-24-39)30-37(2)48(36)51-54(65-44-32-42(31-43(34-44)55(3,4)5)47-33-40(25-28-61-47)38-21-19-18-20-22-38)62-53-49-50(59(14,15)60(16,17)63(51)53)45(56(6,7)8)35-46(52(49)64)57(9,10)11/h18-22,25,28-35,39,64H,23-24,26-27H2,1-17H3. The first-order valence-corrected chi connectivity index (χ1v) is 24.1.